The van der Waals surface area contributed by atoms with Crippen molar-refractivity contribution in [3.05, 3.63) is 73.6 Å². The molecule has 0 radical (unpaired) electrons. The molecule has 148 valence electrons. The van der Waals surface area contributed by atoms with Gasteiger partial charge in [-0.3, -0.25) is 4.79 Å². The average molecular weight is 396 g/mol. The van der Waals surface area contributed by atoms with Crippen molar-refractivity contribution in [3.63, 3.8) is 0 Å². The molecule has 0 saturated carbocycles. The Morgan fingerprint density at radius 2 is 1.87 bits per heavy atom. The molecule has 1 saturated heterocycles. The number of carbonyl (C=O) groups is 1. The summed E-state index contributed by atoms with van der Waals surface area (Å²) in [5, 5.41) is 3.72. The molecule has 1 N–H and O–H groups in total. The van der Waals surface area contributed by atoms with Gasteiger partial charge in [0.2, 0.25) is 11.6 Å². The first-order chi connectivity index (χ1) is 14.7. The van der Waals surface area contributed by atoms with E-state index >= 15 is 0 Å². The number of hydrogen-bond acceptors (Lipinski definition) is 5. The lowest BCUT2D eigenvalue weighted by molar-refractivity contribution is -0.111. The van der Waals surface area contributed by atoms with Crippen molar-refractivity contribution in [1.29, 1.82) is 0 Å². The molecule has 0 bridgehead atoms. The van der Waals surface area contributed by atoms with Crippen LogP contribution in [0.2, 0.25) is 0 Å². The minimum absolute atomic E-state index is 0.253. The second-order valence-electron chi connectivity index (χ2n) is 7.16. The van der Waals surface area contributed by atoms with Crippen molar-refractivity contribution in [2.24, 2.45) is 0 Å². The van der Waals surface area contributed by atoms with Gasteiger partial charge in [0.05, 0.1) is 5.39 Å². The third-order valence-corrected chi connectivity index (χ3v) is 5.26. The highest BCUT2D eigenvalue weighted by atomic mass is 16.3. The highest BCUT2D eigenvalue weighted by Crippen LogP contribution is 2.44. The Kier molecular flexibility index (Phi) is 4.52. The van der Waals surface area contributed by atoms with E-state index in [1.165, 1.54) is 6.08 Å². The number of carbonyl (C=O) groups excluding carboxylic acids is 1. The number of nitrogens with zero attached hydrogens (tertiary/aromatic N) is 3. The Morgan fingerprint density at radius 1 is 1.07 bits per heavy atom. The van der Waals surface area contributed by atoms with Crippen molar-refractivity contribution in [3.8, 4) is 22.5 Å². The molecule has 2 aromatic carbocycles. The molecule has 2 aromatic heterocycles. The second-order valence-corrected chi connectivity index (χ2v) is 7.16. The van der Waals surface area contributed by atoms with Crippen LogP contribution >= 0.6 is 0 Å². The molecule has 0 unspecified atom stereocenters. The number of nitrogens with one attached hydrogen (secondary N) is 1. The first-order valence-corrected chi connectivity index (χ1v) is 9.86. The van der Waals surface area contributed by atoms with Crippen molar-refractivity contribution in [1.82, 2.24) is 9.97 Å². The normalized spacial score (nSPS) is 13.1. The van der Waals surface area contributed by atoms with Crippen LogP contribution in [0.3, 0.4) is 0 Å². The number of hydrogen-bond donors (Lipinski definition) is 1. The molecule has 0 atom stereocenters. The van der Waals surface area contributed by atoms with Crippen LogP contribution in [0.15, 0.2) is 78.0 Å². The molecular formula is C24H20N4O2. The number of aromatic nitrogens is 2. The summed E-state index contributed by atoms with van der Waals surface area (Å²) in [6, 6.07) is 17.7. The van der Waals surface area contributed by atoms with Gasteiger partial charge in [-0.05, 0) is 30.2 Å². The van der Waals surface area contributed by atoms with Crippen LogP contribution < -0.4 is 10.2 Å². The Morgan fingerprint density at radius 3 is 2.60 bits per heavy atom. The fourth-order valence-electron chi connectivity index (χ4n) is 3.70. The summed E-state index contributed by atoms with van der Waals surface area (Å²) in [7, 11) is 0. The molecule has 5 rings (SSSR count). The van der Waals surface area contributed by atoms with Crippen LogP contribution in [0, 0.1) is 0 Å². The van der Waals surface area contributed by atoms with Gasteiger partial charge in [-0.15, -0.1) is 0 Å². The maximum Gasteiger partial charge on any atom is 0.247 e. The Bertz CT molecular complexity index is 1240. The van der Waals surface area contributed by atoms with E-state index in [0.717, 1.165) is 53.2 Å². The summed E-state index contributed by atoms with van der Waals surface area (Å²) >= 11 is 0. The van der Waals surface area contributed by atoms with Crippen molar-refractivity contribution >= 4 is 28.5 Å². The Hall–Kier alpha value is -3.93. The fraction of sp³-hybridized carbons (Fsp3) is 0.125. The highest BCUT2D eigenvalue weighted by Gasteiger charge is 2.26. The third kappa shape index (κ3) is 3.12. The number of rotatable bonds is 5. The van der Waals surface area contributed by atoms with Crippen molar-refractivity contribution in [2.75, 3.05) is 23.3 Å². The summed E-state index contributed by atoms with van der Waals surface area (Å²) in [4.78, 5) is 23.0. The van der Waals surface area contributed by atoms with Gasteiger partial charge in [0.15, 0.2) is 0 Å². The summed E-state index contributed by atoms with van der Waals surface area (Å²) in [5.74, 6) is 1.37. The minimum Gasteiger partial charge on any atom is -0.437 e. The molecule has 3 heterocycles. The van der Waals surface area contributed by atoms with Gasteiger partial charge in [-0.2, -0.15) is 0 Å². The number of benzene rings is 2. The third-order valence-electron chi connectivity index (χ3n) is 5.26. The number of amides is 1. The van der Waals surface area contributed by atoms with E-state index < -0.39 is 0 Å². The molecule has 6 heteroatoms. The predicted octanol–water partition coefficient (Wildman–Crippen LogP) is 4.89. The van der Waals surface area contributed by atoms with Crippen LogP contribution in [0.1, 0.15) is 6.42 Å². The number of fused-ring (bicyclic) bond motifs is 1. The van der Waals surface area contributed by atoms with E-state index in [4.69, 9.17) is 4.42 Å². The fourth-order valence-corrected chi connectivity index (χ4v) is 3.70. The first kappa shape index (κ1) is 18.1. The van der Waals surface area contributed by atoms with Gasteiger partial charge in [0.1, 0.15) is 17.9 Å². The maximum absolute atomic E-state index is 11.8. The number of furan rings is 1. The Balaban J connectivity index is 1.76. The average Bonchev–Trinajstić information content (AvgIpc) is 3.14. The predicted molar refractivity (Wildman–Crippen MR) is 118 cm³/mol. The van der Waals surface area contributed by atoms with Crippen LogP contribution in [-0.2, 0) is 4.79 Å². The summed E-state index contributed by atoms with van der Waals surface area (Å²) in [6.45, 7) is 5.45. The van der Waals surface area contributed by atoms with Crippen molar-refractivity contribution in [2.45, 2.75) is 6.42 Å². The lowest BCUT2D eigenvalue weighted by Gasteiger charge is -2.32. The zero-order valence-corrected chi connectivity index (χ0v) is 16.3. The molecule has 1 aliphatic rings. The smallest absolute Gasteiger partial charge is 0.247 e. The van der Waals surface area contributed by atoms with E-state index in [-0.39, 0.29) is 5.91 Å². The van der Waals surface area contributed by atoms with Gasteiger partial charge in [-0.25, -0.2) is 9.97 Å². The van der Waals surface area contributed by atoms with Gasteiger partial charge in [0.25, 0.3) is 0 Å². The highest BCUT2D eigenvalue weighted by molar-refractivity contribution is 6.07. The van der Waals surface area contributed by atoms with E-state index in [9.17, 15) is 4.79 Å². The molecule has 1 aliphatic heterocycles. The summed E-state index contributed by atoms with van der Waals surface area (Å²) in [6.07, 6.45) is 3.96. The zero-order valence-electron chi connectivity index (χ0n) is 16.3. The maximum atomic E-state index is 11.8. The molecule has 0 aliphatic carbocycles. The zero-order chi connectivity index (χ0) is 20.5. The minimum atomic E-state index is -0.253. The topological polar surface area (TPSA) is 71.3 Å². The van der Waals surface area contributed by atoms with E-state index in [0.29, 0.717) is 11.4 Å². The molecule has 30 heavy (non-hydrogen) atoms. The lowest BCUT2D eigenvalue weighted by atomic mass is 9.98. The SMILES string of the molecule is C=CC(=O)Nc1cccc(-c2c(-c3ccccc3)oc3ncnc(N4CCC4)c23)c1. The van der Waals surface area contributed by atoms with Gasteiger partial charge in [0, 0.05) is 29.9 Å². The van der Waals surface area contributed by atoms with Crippen LogP contribution in [0.25, 0.3) is 33.6 Å². The quantitative estimate of drug-likeness (QED) is 0.486. The van der Waals surface area contributed by atoms with Gasteiger partial charge < -0.3 is 14.6 Å². The second kappa shape index (κ2) is 7.48. The van der Waals surface area contributed by atoms with E-state index in [1.54, 1.807) is 6.33 Å². The van der Waals surface area contributed by atoms with Crippen LogP contribution in [0.4, 0.5) is 11.5 Å². The standard InChI is InChI=1S/C24H20N4O2/c1-2-19(29)27-18-11-6-10-17(14-18)20-21-23(28-12-7-13-28)25-15-26-24(21)30-22(20)16-8-4-3-5-9-16/h2-6,8-11,14-15H,1,7,12-13H2,(H,27,29). The lowest BCUT2D eigenvalue weighted by Crippen LogP contribution is -2.37. The number of anilines is 2. The molecule has 1 amide bonds. The molecule has 6 nitrogen and oxygen atoms in total. The largest absolute Gasteiger partial charge is 0.437 e. The molecular weight excluding hydrogens is 376 g/mol. The molecule has 1 fully saturated rings. The van der Waals surface area contributed by atoms with Gasteiger partial charge >= 0.3 is 0 Å². The van der Waals surface area contributed by atoms with Crippen LogP contribution in [-0.4, -0.2) is 29.0 Å². The molecule has 4 aromatic rings. The Labute approximate surface area is 173 Å². The summed E-state index contributed by atoms with van der Waals surface area (Å²) < 4.78 is 6.26. The van der Waals surface area contributed by atoms with E-state index in [2.05, 4.69) is 26.8 Å². The van der Waals surface area contributed by atoms with Gasteiger partial charge in [-0.1, -0.05) is 49.0 Å². The monoisotopic (exact) mass is 396 g/mol. The van der Waals surface area contributed by atoms with E-state index in [1.807, 2.05) is 54.6 Å². The van der Waals surface area contributed by atoms with Crippen LogP contribution in [0.5, 0.6) is 0 Å². The summed E-state index contributed by atoms with van der Waals surface area (Å²) in [5.41, 5.74) is 4.05. The first-order valence-electron chi connectivity index (χ1n) is 9.86. The van der Waals surface area contributed by atoms with Crippen molar-refractivity contribution < 1.29 is 9.21 Å². The molecule has 0 spiro atoms.